The van der Waals surface area contributed by atoms with Gasteiger partial charge in [0.15, 0.2) is 11.6 Å². The Morgan fingerprint density at radius 3 is 2.53 bits per heavy atom. The molecule has 0 fully saturated rings. The first-order chi connectivity index (χ1) is 15.3. The Kier molecular flexibility index (Phi) is 5.78. The van der Waals surface area contributed by atoms with Crippen LogP contribution in [0.5, 0.6) is 5.75 Å². The van der Waals surface area contributed by atoms with E-state index in [2.05, 4.69) is 24.1 Å². The molecule has 32 heavy (non-hydrogen) atoms. The third kappa shape index (κ3) is 3.77. The van der Waals surface area contributed by atoms with E-state index in [1.807, 2.05) is 25.1 Å². The Hall–Kier alpha value is -3.54. The maximum absolute atomic E-state index is 13.2. The van der Waals surface area contributed by atoms with Crippen LogP contribution in [0.3, 0.4) is 0 Å². The van der Waals surface area contributed by atoms with Gasteiger partial charge in [-0.1, -0.05) is 33.3 Å². The van der Waals surface area contributed by atoms with Crippen molar-refractivity contribution in [3.63, 3.8) is 0 Å². The first-order valence-corrected chi connectivity index (χ1v) is 11.0. The number of aromatic nitrogens is 1. The van der Waals surface area contributed by atoms with Crippen molar-refractivity contribution in [3.05, 3.63) is 70.4 Å². The molecule has 6 heteroatoms. The van der Waals surface area contributed by atoms with E-state index in [1.165, 1.54) is 12.1 Å². The second-order valence-corrected chi connectivity index (χ2v) is 8.53. The van der Waals surface area contributed by atoms with Gasteiger partial charge in [-0.3, -0.25) is 14.4 Å². The highest BCUT2D eigenvalue weighted by molar-refractivity contribution is 6.30. The maximum atomic E-state index is 13.2. The molecule has 1 aromatic heterocycles. The highest BCUT2D eigenvalue weighted by atomic mass is 16.3. The number of rotatable bonds is 6. The lowest BCUT2D eigenvalue weighted by molar-refractivity contribution is 0.0885. The van der Waals surface area contributed by atoms with Crippen molar-refractivity contribution in [1.82, 2.24) is 10.3 Å². The largest absolute Gasteiger partial charge is 0.506 e. The first-order valence-electron chi connectivity index (χ1n) is 11.0. The quantitative estimate of drug-likeness (QED) is 0.434. The van der Waals surface area contributed by atoms with Crippen molar-refractivity contribution in [1.29, 1.82) is 0 Å². The van der Waals surface area contributed by atoms with Crippen LogP contribution >= 0.6 is 0 Å². The molecule has 0 spiro atoms. The Balaban J connectivity index is 1.68. The van der Waals surface area contributed by atoms with Gasteiger partial charge in [0, 0.05) is 28.6 Å². The van der Waals surface area contributed by atoms with E-state index < -0.39 is 17.5 Å². The minimum Gasteiger partial charge on any atom is -0.506 e. The molecule has 0 aliphatic heterocycles. The topological polar surface area (TPSA) is 96.4 Å². The molecule has 164 valence electrons. The monoisotopic (exact) mass is 430 g/mol. The van der Waals surface area contributed by atoms with Crippen LogP contribution in [0.25, 0.3) is 10.9 Å². The molecule has 2 aromatic carbocycles. The fourth-order valence-electron chi connectivity index (χ4n) is 4.03. The molecule has 1 aliphatic carbocycles. The third-order valence-corrected chi connectivity index (χ3v) is 5.94. The van der Waals surface area contributed by atoms with Crippen LogP contribution in [0.4, 0.5) is 0 Å². The lowest BCUT2D eigenvalue weighted by atomic mass is 9.96. The number of benzene rings is 2. The van der Waals surface area contributed by atoms with E-state index in [9.17, 15) is 19.5 Å². The van der Waals surface area contributed by atoms with Crippen LogP contribution in [0.1, 0.15) is 87.8 Å². The summed E-state index contributed by atoms with van der Waals surface area (Å²) in [7, 11) is 0. The molecule has 0 saturated heterocycles. The van der Waals surface area contributed by atoms with Gasteiger partial charge in [-0.05, 0) is 54.3 Å². The highest BCUT2D eigenvalue weighted by Crippen LogP contribution is 2.38. The summed E-state index contributed by atoms with van der Waals surface area (Å²) >= 11 is 0. The highest BCUT2D eigenvalue weighted by Gasteiger charge is 2.42. The van der Waals surface area contributed by atoms with Crippen molar-refractivity contribution in [2.45, 2.75) is 45.4 Å². The number of carbonyl (C=O) groups is 3. The minimum atomic E-state index is -1.21. The van der Waals surface area contributed by atoms with Gasteiger partial charge < -0.3 is 10.4 Å². The zero-order valence-corrected chi connectivity index (χ0v) is 18.4. The van der Waals surface area contributed by atoms with E-state index in [0.29, 0.717) is 23.5 Å². The van der Waals surface area contributed by atoms with Gasteiger partial charge >= 0.3 is 0 Å². The number of pyridine rings is 1. The summed E-state index contributed by atoms with van der Waals surface area (Å²) in [6.45, 7) is 6.74. The predicted molar refractivity (Wildman–Crippen MR) is 123 cm³/mol. The number of fused-ring (bicyclic) bond motifs is 2. The average Bonchev–Trinajstić information content (AvgIpc) is 3.02. The van der Waals surface area contributed by atoms with Crippen molar-refractivity contribution >= 4 is 28.4 Å². The molecule has 0 radical (unpaired) electrons. The lowest BCUT2D eigenvalue weighted by Gasteiger charge is -2.12. The van der Waals surface area contributed by atoms with Gasteiger partial charge in [0.2, 0.25) is 0 Å². The second kappa shape index (κ2) is 8.54. The number of carbonyl (C=O) groups excluding carboxylic acids is 3. The predicted octanol–water partition coefficient (Wildman–Crippen LogP) is 4.76. The maximum Gasteiger partial charge on any atom is 0.251 e. The number of nitrogens with one attached hydrogen (secondary N) is 1. The molecule has 6 nitrogen and oxygen atoms in total. The Labute approximate surface area is 186 Å². The number of hydrogen-bond acceptors (Lipinski definition) is 5. The van der Waals surface area contributed by atoms with Gasteiger partial charge in [-0.2, -0.15) is 0 Å². The molecule has 2 N–H and O–H groups in total. The summed E-state index contributed by atoms with van der Waals surface area (Å²) < 4.78 is 0. The van der Waals surface area contributed by atoms with Crippen LogP contribution in [-0.4, -0.2) is 34.1 Å². The average molecular weight is 431 g/mol. The molecular weight excluding hydrogens is 404 g/mol. The van der Waals surface area contributed by atoms with Crippen molar-refractivity contribution in [2.24, 2.45) is 0 Å². The number of amides is 1. The second-order valence-electron chi connectivity index (χ2n) is 8.53. The number of nitrogens with zero attached hydrogens (tertiary/aromatic N) is 1. The molecule has 1 atom stereocenters. The van der Waals surface area contributed by atoms with Crippen LogP contribution in [0, 0.1) is 0 Å². The van der Waals surface area contributed by atoms with Crippen molar-refractivity contribution in [3.8, 4) is 5.75 Å². The van der Waals surface area contributed by atoms with Gasteiger partial charge in [-0.25, -0.2) is 4.98 Å². The van der Waals surface area contributed by atoms with Gasteiger partial charge in [0.1, 0.15) is 17.4 Å². The molecule has 3 aromatic rings. The van der Waals surface area contributed by atoms with E-state index in [4.69, 9.17) is 0 Å². The van der Waals surface area contributed by atoms with Gasteiger partial charge in [-0.15, -0.1) is 0 Å². The molecule has 1 heterocycles. The smallest absolute Gasteiger partial charge is 0.251 e. The van der Waals surface area contributed by atoms with Crippen LogP contribution in [0.15, 0.2) is 42.5 Å². The van der Waals surface area contributed by atoms with E-state index in [0.717, 1.165) is 23.8 Å². The molecule has 4 rings (SSSR count). The Morgan fingerprint density at radius 1 is 1.06 bits per heavy atom. The van der Waals surface area contributed by atoms with E-state index in [-0.39, 0.29) is 28.5 Å². The molecule has 0 bridgehead atoms. The zero-order valence-electron chi connectivity index (χ0n) is 18.4. The summed E-state index contributed by atoms with van der Waals surface area (Å²) in [5.41, 5.74) is 2.54. The lowest BCUT2D eigenvalue weighted by Crippen LogP contribution is -2.24. The summed E-state index contributed by atoms with van der Waals surface area (Å²) in [5, 5.41) is 14.2. The fourth-order valence-corrected chi connectivity index (χ4v) is 4.03. The third-order valence-electron chi connectivity index (χ3n) is 5.94. The van der Waals surface area contributed by atoms with Crippen molar-refractivity contribution < 1.29 is 19.5 Å². The Bertz CT molecular complexity index is 1250. The number of hydrogen-bond donors (Lipinski definition) is 2. The summed E-state index contributed by atoms with van der Waals surface area (Å²) in [4.78, 5) is 43.1. The number of unbranched alkanes of at least 4 members (excludes halogenated alkanes) is 1. The number of aromatic hydroxyl groups is 1. The van der Waals surface area contributed by atoms with Crippen molar-refractivity contribution in [2.75, 3.05) is 6.54 Å². The molecule has 1 unspecified atom stereocenters. The van der Waals surface area contributed by atoms with E-state index >= 15 is 0 Å². The van der Waals surface area contributed by atoms with Crippen LogP contribution in [0.2, 0.25) is 0 Å². The SMILES string of the molecule is CCCCNC(=O)c1ccc2c(c1)C(=O)C(c1nc3ccc(C(C)C)cc3cc1O)C2=O. The first kappa shape index (κ1) is 21.7. The number of Topliss-reactive ketones (excluding diaryl/α,β-unsaturated/α-hetero) is 2. The molecule has 1 aliphatic rings. The number of ketones is 2. The van der Waals surface area contributed by atoms with E-state index in [1.54, 1.807) is 12.1 Å². The van der Waals surface area contributed by atoms with Crippen LogP contribution in [-0.2, 0) is 0 Å². The molecule has 0 saturated carbocycles. The molecular formula is C26H26N2O4. The molecule has 1 amide bonds. The fraction of sp³-hybridized carbons (Fsp3) is 0.308. The zero-order chi connectivity index (χ0) is 23.0. The normalized spacial score (nSPS) is 15.4. The van der Waals surface area contributed by atoms with Crippen LogP contribution < -0.4 is 5.32 Å². The van der Waals surface area contributed by atoms with Gasteiger partial charge in [0.05, 0.1) is 5.52 Å². The summed E-state index contributed by atoms with van der Waals surface area (Å²) in [6, 6.07) is 11.8. The Morgan fingerprint density at radius 2 is 1.81 bits per heavy atom. The summed E-state index contributed by atoms with van der Waals surface area (Å²) in [5.74, 6) is -2.22. The summed E-state index contributed by atoms with van der Waals surface area (Å²) in [6.07, 6.45) is 1.82. The minimum absolute atomic E-state index is 0.0509. The van der Waals surface area contributed by atoms with Gasteiger partial charge in [0.25, 0.3) is 5.91 Å². The standard InChI is InChI=1S/C26H26N2O4/c1-4-5-10-27-26(32)16-6-8-18-19(12-16)25(31)22(24(18)30)23-21(29)13-17-11-15(14(2)3)7-9-20(17)28-23/h6-9,11-14,22,29H,4-5,10H2,1-3H3,(H,27,32).